The number of benzene rings is 1. The Balaban J connectivity index is 1.91. The molecule has 2 atom stereocenters. The highest BCUT2D eigenvalue weighted by molar-refractivity contribution is 5.95. The fourth-order valence-electron chi connectivity index (χ4n) is 3.84. The highest BCUT2D eigenvalue weighted by Crippen LogP contribution is 2.36. The van der Waals surface area contributed by atoms with Crippen molar-refractivity contribution < 1.29 is 24.5 Å². The van der Waals surface area contributed by atoms with Crippen molar-refractivity contribution in [1.29, 1.82) is 0 Å². The average Bonchev–Trinajstić information content (AvgIpc) is 3.01. The van der Waals surface area contributed by atoms with E-state index in [1.165, 1.54) is 12.0 Å². The number of carbonyl (C=O) groups is 2. The summed E-state index contributed by atoms with van der Waals surface area (Å²) in [6.07, 6.45) is 0.862. The number of ether oxygens (including phenoxy) is 1. The van der Waals surface area contributed by atoms with E-state index in [0.717, 1.165) is 5.56 Å². The van der Waals surface area contributed by atoms with Crippen LogP contribution in [0.2, 0.25) is 0 Å². The normalized spacial score (nSPS) is 22.1. The second-order valence-corrected chi connectivity index (χ2v) is 7.32. The van der Waals surface area contributed by atoms with Gasteiger partial charge >= 0.3 is 5.97 Å². The van der Waals surface area contributed by atoms with E-state index in [2.05, 4.69) is 5.10 Å². The first-order chi connectivity index (χ1) is 13.3. The number of hydrogen-bond donors (Lipinski definition) is 2. The molecule has 1 aromatic carbocycles. The van der Waals surface area contributed by atoms with Gasteiger partial charge in [-0.2, -0.15) is 5.10 Å². The number of aromatic nitrogens is 2. The van der Waals surface area contributed by atoms with Crippen molar-refractivity contribution >= 4 is 11.9 Å². The number of aliphatic hydroxyl groups excluding tert-OH is 1. The highest BCUT2D eigenvalue weighted by atomic mass is 16.5. The number of carboxylic acid groups (broad SMARTS) is 1. The Kier molecular flexibility index (Phi) is 5.42. The molecule has 1 aromatic heterocycles. The number of aliphatic carboxylic acids is 1. The van der Waals surface area contributed by atoms with Crippen LogP contribution >= 0.6 is 0 Å². The van der Waals surface area contributed by atoms with Gasteiger partial charge in [0, 0.05) is 26.3 Å². The van der Waals surface area contributed by atoms with Gasteiger partial charge in [-0.1, -0.05) is 12.1 Å². The summed E-state index contributed by atoms with van der Waals surface area (Å²) in [6.45, 7) is 1.96. The molecule has 2 N–H and O–H groups in total. The monoisotopic (exact) mass is 387 g/mol. The fourth-order valence-corrected chi connectivity index (χ4v) is 3.84. The first kappa shape index (κ1) is 19.9. The molecule has 8 nitrogen and oxygen atoms in total. The zero-order valence-corrected chi connectivity index (χ0v) is 16.3. The maximum atomic E-state index is 13.0. The van der Waals surface area contributed by atoms with Gasteiger partial charge in [-0.3, -0.25) is 14.3 Å². The molecule has 1 aliphatic rings. The number of nitrogens with zero attached hydrogens (tertiary/aromatic N) is 3. The third-order valence-corrected chi connectivity index (χ3v) is 5.39. The second-order valence-electron chi connectivity index (χ2n) is 7.32. The molecule has 0 bridgehead atoms. The van der Waals surface area contributed by atoms with Gasteiger partial charge in [-0.05, 0) is 37.5 Å². The molecule has 1 aliphatic heterocycles. The van der Waals surface area contributed by atoms with Gasteiger partial charge in [0.25, 0.3) is 5.91 Å². The van der Waals surface area contributed by atoms with Crippen molar-refractivity contribution in [3.63, 3.8) is 0 Å². The van der Waals surface area contributed by atoms with Crippen LogP contribution in [0.5, 0.6) is 5.75 Å². The number of amides is 1. The van der Waals surface area contributed by atoms with E-state index in [-0.39, 0.29) is 25.3 Å². The molecule has 1 saturated heterocycles. The molecule has 28 heavy (non-hydrogen) atoms. The summed E-state index contributed by atoms with van der Waals surface area (Å²) >= 11 is 0. The molecule has 0 aliphatic carbocycles. The topological polar surface area (TPSA) is 105 Å². The fraction of sp³-hybridized carbons (Fsp3) is 0.450. The van der Waals surface area contributed by atoms with E-state index in [0.29, 0.717) is 23.6 Å². The minimum absolute atomic E-state index is 0.0755. The first-order valence-electron chi connectivity index (χ1n) is 9.11. The Hall–Kier alpha value is -2.87. The number of carbonyl (C=O) groups excluding carboxylic acids is 1. The molecular weight excluding hydrogens is 362 g/mol. The van der Waals surface area contributed by atoms with Gasteiger partial charge < -0.3 is 19.8 Å². The Labute approximate surface area is 163 Å². The lowest BCUT2D eigenvalue weighted by Gasteiger charge is -2.43. The number of rotatable bonds is 5. The Morgan fingerprint density at radius 3 is 2.75 bits per heavy atom. The Morgan fingerprint density at radius 2 is 2.14 bits per heavy atom. The van der Waals surface area contributed by atoms with Crippen molar-refractivity contribution in [2.45, 2.75) is 25.9 Å². The van der Waals surface area contributed by atoms with Crippen LogP contribution in [0.25, 0.3) is 0 Å². The van der Waals surface area contributed by atoms with Crippen LogP contribution in [0.1, 0.15) is 28.0 Å². The summed E-state index contributed by atoms with van der Waals surface area (Å²) in [4.78, 5) is 26.8. The summed E-state index contributed by atoms with van der Waals surface area (Å²) < 4.78 is 6.77. The van der Waals surface area contributed by atoms with E-state index in [1.54, 1.807) is 49.1 Å². The molecule has 0 unspecified atom stereocenters. The quantitative estimate of drug-likeness (QED) is 0.800. The van der Waals surface area contributed by atoms with Gasteiger partial charge in [0.2, 0.25) is 0 Å². The average molecular weight is 387 g/mol. The molecule has 0 saturated carbocycles. The molecular formula is C20H25N3O5. The molecule has 8 heteroatoms. The molecule has 1 amide bonds. The van der Waals surface area contributed by atoms with Gasteiger partial charge in [0.05, 0.1) is 24.5 Å². The number of carboxylic acids is 1. The predicted molar refractivity (Wildman–Crippen MR) is 101 cm³/mol. The summed E-state index contributed by atoms with van der Waals surface area (Å²) in [7, 11) is 3.27. The lowest BCUT2D eigenvalue weighted by Crippen LogP contribution is -2.58. The largest absolute Gasteiger partial charge is 0.497 e. The van der Waals surface area contributed by atoms with Gasteiger partial charge in [-0.15, -0.1) is 0 Å². The summed E-state index contributed by atoms with van der Waals surface area (Å²) in [5, 5.41) is 24.9. The minimum atomic E-state index is -1.49. The highest BCUT2D eigenvalue weighted by Gasteiger charge is 2.50. The van der Waals surface area contributed by atoms with Crippen molar-refractivity contribution in [3.8, 4) is 5.75 Å². The maximum Gasteiger partial charge on any atom is 0.314 e. The number of piperidine rings is 1. The SMILES string of the molecule is COc1cccc(C[C@@]2(C(=O)O)CN(C(=O)c3cn(C)nc3C)CC[C@H]2O)c1. The van der Waals surface area contributed by atoms with Crippen LogP contribution < -0.4 is 4.74 Å². The third-order valence-electron chi connectivity index (χ3n) is 5.39. The maximum absolute atomic E-state index is 13.0. The van der Waals surface area contributed by atoms with E-state index < -0.39 is 17.5 Å². The van der Waals surface area contributed by atoms with Gasteiger partial charge in [-0.25, -0.2) is 0 Å². The van der Waals surface area contributed by atoms with Crippen molar-refractivity contribution in [3.05, 3.63) is 47.3 Å². The van der Waals surface area contributed by atoms with Crippen LogP contribution in [0.3, 0.4) is 0 Å². The van der Waals surface area contributed by atoms with Crippen molar-refractivity contribution in [2.24, 2.45) is 12.5 Å². The minimum Gasteiger partial charge on any atom is -0.497 e. The number of methoxy groups -OCH3 is 1. The molecule has 2 aromatic rings. The second kappa shape index (κ2) is 7.63. The van der Waals surface area contributed by atoms with Gasteiger partial charge in [0.1, 0.15) is 11.2 Å². The molecule has 2 heterocycles. The number of hydrogen-bond acceptors (Lipinski definition) is 5. The van der Waals surface area contributed by atoms with Crippen molar-refractivity contribution in [2.75, 3.05) is 20.2 Å². The number of aliphatic hydroxyl groups is 1. The first-order valence-corrected chi connectivity index (χ1v) is 9.11. The molecule has 3 rings (SSSR count). The molecule has 150 valence electrons. The smallest absolute Gasteiger partial charge is 0.314 e. The predicted octanol–water partition coefficient (Wildman–Crippen LogP) is 1.26. The van der Waals surface area contributed by atoms with Crippen LogP contribution in [-0.2, 0) is 18.3 Å². The van der Waals surface area contributed by atoms with Crippen LogP contribution in [0.4, 0.5) is 0 Å². The van der Waals surface area contributed by atoms with E-state index >= 15 is 0 Å². The number of likely N-dealkylation sites (tertiary alicyclic amines) is 1. The van der Waals surface area contributed by atoms with Crippen molar-refractivity contribution in [1.82, 2.24) is 14.7 Å². The molecule has 0 radical (unpaired) electrons. The lowest BCUT2D eigenvalue weighted by atomic mass is 9.72. The number of aryl methyl sites for hydroxylation is 2. The van der Waals surface area contributed by atoms with E-state index in [4.69, 9.17) is 4.74 Å². The zero-order valence-electron chi connectivity index (χ0n) is 16.3. The molecule has 1 fully saturated rings. The van der Waals surface area contributed by atoms with Gasteiger partial charge in [0.15, 0.2) is 0 Å². The van der Waals surface area contributed by atoms with Crippen LogP contribution in [0, 0.1) is 12.3 Å². The zero-order chi connectivity index (χ0) is 20.5. The summed E-state index contributed by atoms with van der Waals surface area (Å²) in [6, 6.07) is 7.10. The third kappa shape index (κ3) is 3.60. The Morgan fingerprint density at radius 1 is 1.39 bits per heavy atom. The summed E-state index contributed by atoms with van der Waals surface area (Å²) in [5.41, 5.74) is 0.274. The molecule has 0 spiro atoms. The van der Waals surface area contributed by atoms with Crippen LogP contribution in [0.15, 0.2) is 30.5 Å². The summed E-state index contributed by atoms with van der Waals surface area (Å²) in [5.74, 6) is -0.778. The van der Waals surface area contributed by atoms with E-state index in [1.807, 2.05) is 0 Å². The Bertz CT molecular complexity index is 894. The van der Waals surface area contributed by atoms with E-state index in [9.17, 15) is 19.8 Å². The van der Waals surface area contributed by atoms with Crippen LogP contribution in [-0.4, -0.2) is 63.1 Å². The standard InChI is InChI=1S/C20H25N3O5/c1-13-16(11-22(2)21-13)18(25)23-8-7-17(24)20(12-23,19(26)27)10-14-5-4-6-15(9-14)28-3/h4-6,9,11,17,24H,7-8,10,12H2,1-3H3,(H,26,27)/t17-,20-/m1/s1. The lowest BCUT2D eigenvalue weighted by molar-refractivity contribution is -0.161.